The van der Waals surface area contributed by atoms with Crippen molar-refractivity contribution in [1.29, 1.82) is 0 Å². The number of hydrogen-bond acceptors (Lipinski definition) is 5. The maximum absolute atomic E-state index is 12.6. The average Bonchev–Trinajstić information content (AvgIpc) is 2.47. The number of hydrogen-bond donors (Lipinski definition) is 2. The molecule has 21 heavy (non-hydrogen) atoms. The van der Waals surface area contributed by atoms with Gasteiger partial charge < -0.3 is 10.2 Å². The maximum atomic E-state index is 12.6. The van der Waals surface area contributed by atoms with Crippen LogP contribution >= 0.6 is 0 Å². The summed E-state index contributed by atoms with van der Waals surface area (Å²) in [6.45, 7) is 4.57. The third-order valence-corrected chi connectivity index (χ3v) is 5.20. The first kappa shape index (κ1) is 16.2. The summed E-state index contributed by atoms with van der Waals surface area (Å²) in [5.41, 5.74) is 0. The first-order chi connectivity index (χ1) is 10.0. The maximum Gasteiger partial charge on any atom is 0.244 e. The van der Waals surface area contributed by atoms with Crippen molar-refractivity contribution in [3.05, 3.63) is 18.3 Å². The number of piperidine rings is 1. The fourth-order valence-electron chi connectivity index (χ4n) is 2.39. The van der Waals surface area contributed by atoms with Gasteiger partial charge in [-0.2, -0.15) is 0 Å². The fourth-order valence-corrected chi connectivity index (χ4v) is 3.83. The van der Waals surface area contributed by atoms with Crippen LogP contribution in [0.3, 0.4) is 0 Å². The fraction of sp³-hybridized carbons (Fsp3) is 0.643. The van der Waals surface area contributed by atoms with Gasteiger partial charge in [-0.1, -0.05) is 6.92 Å². The Morgan fingerprint density at radius 3 is 2.76 bits per heavy atom. The summed E-state index contributed by atoms with van der Waals surface area (Å²) in [7, 11) is -1.48. The largest absolute Gasteiger partial charge is 0.369 e. The van der Waals surface area contributed by atoms with E-state index in [1.54, 1.807) is 18.3 Å². The molecule has 1 aliphatic heterocycles. The van der Waals surface area contributed by atoms with Crippen LogP contribution in [0.1, 0.15) is 26.2 Å². The smallest absolute Gasteiger partial charge is 0.244 e. The zero-order chi connectivity index (χ0) is 15.3. The van der Waals surface area contributed by atoms with Gasteiger partial charge in [0, 0.05) is 18.8 Å². The third-order valence-electron chi connectivity index (χ3n) is 3.64. The molecule has 0 aliphatic carbocycles. The van der Waals surface area contributed by atoms with Gasteiger partial charge in [-0.15, -0.1) is 0 Å². The summed E-state index contributed by atoms with van der Waals surface area (Å²) in [5, 5.41) is 3.07. The van der Waals surface area contributed by atoms with E-state index >= 15 is 0 Å². The first-order valence-corrected chi connectivity index (χ1v) is 8.91. The molecule has 2 N–H and O–H groups in total. The number of likely N-dealkylation sites (tertiary alicyclic amines) is 1. The van der Waals surface area contributed by atoms with Crippen LogP contribution < -0.4 is 10.0 Å². The highest BCUT2D eigenvalue weighted by atomic mass is 32.2. The summed E-state index contributed by atoms with van der Waals surface area (Å²) >= 11 is 0. The van der Waals surface area contributed by atoms with E-state index in [0.717, 1.165) is 32.4 Å². The quantitative estimate of drug-likeness (QED) is 0.827. The number of aromatic nitrogens is 1. The highest BCUT2D eigenvalue weighted by Crippen LogP contribution is 2.20. The molecule has 1 aromatic rings. The second-order valence-electron chi connectivity index (χ2n) is 5.48. The highest BCUT2D eigenvalue weighted by Gasteiger charge is 2.25. The number of sulfonamides is 1. The van der Waals surface area contributed by atoms with Crippen LogP contribution in [-0.2, 0) is 10.0 Å². The number of nitrogens with zero attached hydrogens (tertiary/aromatic N) is 2. The van der Waals surface area contributed by atoms with Crippen molar-refractivity contribution < 1.29 is 8.42 Å². The molecule has 1 saturated heterocycles. The average molecular weight is 312 g/mol. The van der Waals surface area contributed by atoms with Crippen molar-refractivity contribution >= 4 is 15.8 Å². The minimum Gasteiger partial charge on any atom is -0.369 e. The Kier molecular flexibility index (Phi) is 5.55. The molecule has 0 amide bonds. The molecule has 7 heteroatoms. The lowest BCUT2D eigenvalue weighted by atomic mass is 10.1. The second-order valence-corrected chi connectivity index (χ2v) is 7.16. The molecule has 1 aliphatic rings. The Hall–Kier alpha value is -1.18. The van der Waals surface area contributed by atoms with Crippen molar-refractivity contribution in [3.63, 3.8) is 0 Å². The molecule has 1 aromatic heterocycles. The van der Waals surface area contributed by atoms with Gasteiger partial charge in [-0.25, -0.2) is 18.1 Å². The van der Waals surface area contributed by atoms with E-state index in [2.05, 4.69) is 27.0 Å². The number of nitrogens with one attached hydrogen (secondary N) is 2. The van der Waals surface area contributed by atoms with E-state index in [-0.39, 0.29) is 10.9 Å². The molecule has 6 nitrogen and oxygen atoms in total. The van der Waals surface area contributed by atoms with Gasteiger partial charge >= 0.3 is 0 Å². The summed E-state index contributed by atoms with van der Waals surface area (Å²) in [6.07, 6.45) is 4.20. The van der Waals surface area contributed by atoms with Gasteiger partial charge in [0.15, 0.2) is 0 Å². The molecule has 1 fully saturated rings. The molecule has 0 unspecified atom stereocenters. The molecule has 0 bridgehead atoms. The molecule has 118 valence electrons. The van der Waals surface area contributed by atoms with Crippen LogP contribution in [-0.4, -0.2) is 51.0 Å². The topological polar surface area (TPSA) is 74.3 Å². The van der Waals surface area contributed by atoms with E-state index in [1.165, 1.54) is 0 Å². The zero-order valence-electron chi connectivity index (χ0n) is 12.7. The molecule has 0 spiro atoms. The van der Waals surface area contributed by atoms with Gasteiger partial charge in [0.05, 0.1) is 0 Å². The van der Waals surface area contributed by atoms with Gasteiger partial charge in [-0.3, -0.25) is 0 Å². The normalized spacial score (nSPS) is 17.8. The van der Waals surface area contributed by atoms with E-state index in [0.29, 0.717) is 12.4 Å². The molecule has 2 heterocycles. The lowest BCUT2D eigenvalue weighted by Crippen LogP contribution is -2.43. The third kappa shape index (κ3) is 4.39. The predicted molar refractivity (Wildman–Crippen MR) is 83.9 cm³/mol. The standard InChI is InChI=1S/C14H24N4O2S/c1-3-8-15-14-13(5-4-9-16-14)21(19,20)17-12-6-10-18(2)11-7-12/h4-5,9,12,17H,3,6-8,10-11H2,1-2H3,(H,15,16). The summed E-state index contributed by atoms with van der Waals surface area (Å²) in [4.78, 5) is 6.59. The SMILES string of the molecule is CCCNc1ncccc1S(=O)(=O)NC1CCN(C)CC1. The Labute approximate surface area is 127 Å². The molecular weight excluding hydrogens is 288 g/mol. The lowest BCUT2D eigenvalue weighted by molar-refractivity contribution is 0.248. The van der Waals surface area contributed by atoms with Crippen molar-refractivity contribution in [2.24, 2.45) is 0 Å². The number of pyridine rings is 1. The molecule has 0 aromatic carbocycles. The van der Waals surface area contributed by atoms with Gasteiger partial charge in [0.2, 0.25) is 10.0 Å². The number of rotatable bonds is 6. The van der Waals surface area contributed by atoms with Crippen LogP contribution in [0.15, 0.2) is 23.2 Å². The number of anilines is 1. The molecule has 0 saturated carbocycles. The Morgan fingerprint density at radius 1 is 1.38 bits per heavy atom. The van der Waals surface area contributed by atoms with Crippen molar-refractivity contribution in [2.45, 2.75) is 37.1 Å². The summed E-state index contributed by atoms with van der Waals surface area (Å²) in [5.74, 6) is 0.430. The van der Waals surface area contributed by atoms with Crippen LogP contribution in [0.4, 0.5) is 5.82 Å². The van der Waals surface area contributed by atoms with Crippen molar-refractivity contribution in [1.82, 2.24) is 14.6 Å². The molecular formula is C14H24N4O2S. The monoisotopic (exact) mass is 312 g/mol. The van der Waals surface area contributed by atoms with E-state index in [1.807, 2.05) is 6.92 Å². The predicted octanol–water partition coefficient (Wildman–Crippen LogP) is 1.28. The molecule has 0 atom stereocenters. The van der Waals surface area contributed by atoms with E-state index in [9.17, 15) is 8.42 Å². The Balaban J connectivity index is 2.12. The van der Waals surface area contributed by atoms with Crippen LogP contribution in [0, 0.1) is 0 Å². The summed E-state index contributed by atoms with van der Waals surface area (Å²) in [6, 6.07) is 3.26. The molecule has 2 rings (SSSR count). The van der Waals surface area contributed by atoms with E-state index in [4.69, 9.17) is 0 Å². The minimum absolute atomic E-state index is 0.00503. The highest BCUT2D eigenvalue weighted by molar-refractivity contribution is 7.89. The van der Waals surface area contributed by atoms with Crippen LogP contribution in [0.2, 0.25) is 0 Å². The van der Waals surface area contributed by atoms with Crippen molar-refractivity contribution in [2.75, 3.05) is 32.0 Å². The second kappa shape index (κ2) is 7.20. The van der Waals surface area contributed by atoms with E-state index < -0.39 is 10.0 Å². The molecule has 0 radical (unpaired) electrons. The Bertz CT molecular complexity index is 554. The van der Waals surface area contributed by atoms with Crippen LogP contribution in [0.5, 0.6) is 0 Å². The summed E-state index contributed by atoms with van der Waals surface area (Å²) < 4.78 is 27.9. The van der Waals surface area contributed by atoms with Gasteiger partial charge in [-0.05, 0) is 51.5 Å². The van der Waals surface area contributed by atoms with Crippen molar-refractivity contribution in [3.8, 4) is 0 Å². The Morgan fingerprint density at radius 2 is 2.10 bits per heavy atom. The van der Waals surface area contributed by atoms with Gasteiger partial charge in [0.25, 0.3) is 0 Å². The zero-order valence-corrected chi connectivity index (χ0v) is 13.5. The lowest BCUT2D eigenvalue weighted by Gasteiger charge is -2.29. The first-order valence-electron chi connectivity index (χ1n) is 7.42. The minimum atomic E-state index is -3.53. The van der Waals surface area contributed by atoms with Gasteiger partial charge in [0.1, 0.15) is 10.7 Å². The van der Waals surface area contributed by atoms with Crippen LogP contribution in [0.25, 0.3) is 0 Å².